The van der Waals surface area contributed by atoms with Crippen LogP contribution < -0.4 is 0 Å². The fourth-order valence-electron chi connectivity index (χ4n) is 5.26. The first-order chi connectivity index (χ1) is 14.3. The van der Waals surface area contributed by atoms with Crippen LogP contribution in [0.3, 0.4) is 0 Å². The lowest BCUT2D eigenvalue weighted by Gasteiger charge is -2.26. The minimum Gasteiger partial charge on any atom is -0.379 e. The molecule has 2 heterocycles. The molecular weight excluding hydrogens is 356 g/mol. The summed E-state index contributed by atoms with van der Waals surface area (Å²) in [5, 5.41) is 0. The summed E-state index contributed by atoms with van der Waals surface area (Å²) in [6.45, 7) is 8.59. The summed E-state index contributed by atoms with van der Waals surface area (Å²) in [4.78, 5) is 5.16. The highest BCUT2D eigenvalue weighted by Gasteiger charge is 2.38. The average molecular weight is 389 g/mol. The normalized spacial score (nSPS) is 25.2. The van der Waals surface area contributed by atoms with E-state index in [2.05, 4.69) is 70.5 Å². The molecule has 2 fully saturated rings. The zero-order valence-corrected chi connectivity index (χ0v) is 17.3. The maximum atomic E-state index is 5.45. The highest BCUT2D eigenvalue weighted by atomic mass is 16.5. The van der Waals surface area contributed by atoms with Crippen molar-refractivity contribution in [1.29, 1.82) is 0 Å². The van der Waals surface area contributed by atoms with Crippen LogP contribution in [0.2, 0.25) is 0 Å². The van der Waals surface area contributed by atoms with Crippen molar-refractivity contribution < 1.29 is 4.74 Å². The number of hydrogen-bond donors (Lipinski definition) is 0. The first-order valence-electron chi connectivity index (χ1n) is 11.2. The monoisotopic (exact) mass is 388 g/mol. The van der Waals surface area contributed by atoms with Crippen LogP contribution >= 0.6 is 0 Å². The molecule has 2 aliphatic heterocycles. The Morgan fingerprint density at radius 3 is 2.41 bits per heavy atom. The Balaban J connectivity index is 1.18. The van der Waals surface area contributed by atoms with Gasteiger partial charge < -0.3 is 4.74 Å². The van der Waals surface area contributed by atoms with Crippen molar-refractivity contribution in [3.8, 4) is 0 Å². The number of hydrogen-bond acceptors (Lipinski definition) is 3. The van der Waals surface area contributed by atoms with Gasteiger partial charge in [-0.1, -0.05) is 60.7 Å². The van der Waals surface area contributed by atoms with Crippen molar-refractivity contribution >= 4 is 5.57 Å². The Bertz CT molecular complexity index is 824. The van der Waals surface area contributed by atoms with Crippen LogP contribution in [0.4, 0.5) is 0 Å². The summed E-state index contributed by atoms with van der Waals surface area (Å²) in [5.41, 5.74) is 5.91. The summed E-state index contributed by atoms with van der Waals surface area (Å²) in [6, 6.07) is 20.3. The summed E-state index contributed by atoms with van der Waals surface area (Å²) < 4.78 is 5.45. The Kier molecular flexibility index (Phi) is 5.80. The highest BCUT2D eigenvalue weighted by molar-refractivity contribution is 5.70. The molecule has 152 valence electrons. The second kappa shape index (κ2) is 8.83. The number of likely N-dealkylation sites (tertiary alicyclic amines) is 1. The minimum atomic E-state index is 0.706. The van der Waals surface area contributed by atoms with Gasteiger partial charge >= 0.3 is 0 Å². The predicted molar refractivity (Wildman–Crippen MR) is 119 cm³/mol. The lowest BCUT2D eigenvalue weighted by Crippen LogP contribution is -2.37. The van der Waals surface area contributed by atoms with Crippen molar-refractivity contribution in [3.05, 3.63) is 77.4 Å². The number of rotatable bonds is 6. The Hall–Kier alpha value is -1.94. The third-order valence-electron chi connectivity index (χ3n) is 6.91. The molecule has 29 heavy (non-hydrogen) atoms. The van der Waals surface area contributed by atoms with Crippen LogP contribution in [0.15, 0.2) is 60.7 Å². The Morgan fingerprint density at radius 2 is 1.62 bits per heavy atom. The molecule has 1 aliphatic carbocycles. The quantitative estimate of drug-likeness (QED) is 0.741. The topological polar surface area (TPSA) is 15.7 Å². The second-order valence-electron chi connectivity index (χ2n) is 8.84. The maximum Gasteiger partial charge on any atom is 0.0594 e. The molecule has 5 rings (SSSR count). The highest BCUT2D eigenvalue weighted by Crippen LogP contribution is 2.43. The molecule has 0 bridgehead atoms. The van der Waals surface area contributed by atoms with Gasteiger partial charge in [0.2, 0.25) is 0 Å². The second-order valence-corrected chi connectivity index (χ2v) is 8.84. The van der Waals surface area contributed by atoms with Crippen LogP contribution in [-0.4, -0.2) is 55.7 Å². The van der Waals surface area contributed by atoms with E-state index in [9.17, 15) is 0 Å². The standard InChI is InChI=1S/C26H32N2O/c1-2-4-22(5-3-1)18-28-19-24-10-11-25(26(24)20-28)23-8-6-21(7-9-23)12-13-27-14-16-29-17-15-27/h1-9,11,24,26H,10,12-20H2. The van der Waals surface area contributed by atoms with Crippen molar-refractivity contribution in [2.45, 2.75) is 19.4 Å². The minimum absolute atomic E-state index is 0.706. The average Bonchev–Trinajstić information content (AvgIpc) is 3.34. The van der Waals surface area contributed by atoms with E-state index in [1.165, 1.54) is 36.2 Å². The fraction of sp³-hybridized carbons (Fsp3) is 0.462. The van der Waals surface area contributed by atoms with Gasteiger partial charge in [0.1, 0.15) is 0 Å². The van der Waals surface area contributed by atoms with Gasteiger partial charge in [0, 0.05) is 45.2 Å². The number of allylic oxidation sites excluding steroid dienone is 1. The summed E-state index contributed by atoms with van der Waals surface area (Å²) >= 11 is 0. The zero-order chi connectivity index (χ0) is 19.5. The fourth-order valence-corrected chi connectivity index (χ4v) is 5.26. The number of nitrogens with zero attached hydrogens (tertiary/aromatic N) is 2. The molecule has 3 nitrogen and oxygen atoms in total. The van der Waals surface area contributed by atoms with Crippen LogP contribution in [-0.2, 0) is 17.7 Å². The van der Waals surface area contributed by atoms with Gasteiger partial charge in [-0.25, -0.2) is 0 Å². The van der Waals surface area contributed by atoms with Gasteiger partial charge in [0.15, 0.2) is 0 Å². The Labute approximate surface area is 175 Å². The lowest BCUT2D eigenvalue weighted by atomic mass is 9.90. The largest absolute Gasteiger partial charge is 0.379 e. The molecule has 2 aromatic carbocycles. The van der Waals surface area contributed by atoms with E-state index in [0.29, 0.717) is 5.92 Å². The Morgan fingerprint density at radius 1 is 0.828 bits per heavy atom. The molecule has 2 saturated heterocycles. The lowest BCUT2D eigenvalue weighted by molar-refractivity contribution is 0.0384. The molecule has 2 aromatic rings. The van der Waals surface area contributed by atoms with Gasteiger partial charge in [0.05, 0.1) is 13.2 Å². The first-order valence-corrected chi connectivity index (χ1v) is 11.2. The van der Waals surface area contributed by atoms with E-state index in [0.717, 1.165) is 51.7 Å². The van der Waals surface area contributed by atoms with Gasteiger partial charge in [-0.15, -0.1) is 0 Å². The number of ether oxygens (including phenoxy) is 1. The third kappa shape index (κ3) is 4.48. The molecule has 3 aliphatic rings. The van der Waals surface area contributed by atoms with Crippen LogP contribution in [0.1, 0.15) is 23.1 Å². The zero-order valence-electron chi connectivity index (χ0n) is 17.3. The molecule has 0 aromatic heterocycles. The van der Waals surface area contributed by atoms with E-state index < -0.39 is 0 Å². The van der Waals surface area contributed by atoms with Gasteiger partial charge in [-0.3, -0.25) is 9.80 Å². The van der Waals surface area contributed by atoms with Crippen LogP contribution in [0.5, 0.6) is 0 Å². The van der Waals surface area contributed by atoms with E-state index >= 15 is 0 Å². The molecule has 0 saturated carbocycles. The summed E-state index contributed by atoms with van der Waals surface area (Å²) in [7, 11) is 0. The third-order valence-corrected chi connectivity index (χ3v) is 6.91. The molecule has 2 atom stereocenters. The van der Waals surface area contributed by atoms with Gasteiger partial charge in [-0.2, -0.15) is 0 Å². The van der Waals surface area contributed by atoms with Crippen molar-refractivity contribution in [2.75, 3.05) is 45.9 Å². The number of morpholine rings is 1. The molecule has 0 amide bonds. The SMILES string of the molecule is C1=C(c2ccc(CCN3CCOCC3)cc2)C2CN(Cc3ccccc3)CC2C1. The molecule has 0 spiro atoms. The van der Waals surface area contributed by atoms with Gasteiger partial charge in [-0.05, 0) is 41.0 Å². The molecule has 3 heteroatoms. The number of benzene rings is 2. The van der Waals surface area contributed by atoms with Gasteiger partial charge in [0.25, 0.3) is 0 Å². The summed E-state index contributed by atoms with van der Waals surface area (Å²) in [5.74, 6) is 1.51. The van der Waals surface area contributed by atoms with E-state index in [1.54, 1.807) is 5.57 Å². The first kappa shape index (κ1) is 19.0. The molecule has 0 N–H and O–H groups in total. The number of fused-ring (bicyclic) bond motifs is 1. The van der Waals surface area contributed by atoms with E-state index in [4.69, 9.17) is 4.74 Å². The summed E-state index contributed by atoms with van der Waals surface area (Å²) in [6.07, 6.45) is 4.89. The molecular formula is C26H32N2O. The smallest absolute Gasteiger partial charge is 0.0594 e. The van der Waals surface area contributed by atoms with Crippen molar-refractivity contribution in [3.63, 3.8) is 0 Å². The van der Waals surface area contributed by atoms with E-state index in [-0.39, 0.29) is 0 Å². The van der Waals surface area contributed by atoms with Crippen molar-refractivity contribution in [1.82, 2.24) is 9.80 Å². The van der Waals surface area contributed by atoms with Crippen molar-refractivity contribution in [2.24, 2.45) is 11.8 Å². The maximum absolute atomic E-state index is 5.45. The molecule has 0 radical (unpaired) electrons. The predicted octanol–water partition coefficient (Wildman–Crippen LogP) is 4.10. The van der Waals surface area contributed by atoms with Crippen LogP contribution in [0, 0.1) is 11.8 Å². The molecule has 2 unspecified atom stereocenters. The van der Waals surface area contributed by atoms with Crippen LogP contribution in [0.25, 0.3) is 5.57 Å². The van der Waals surface area contributed by atoms with E-state index in [1.807, 2.05) is 0 Å².